The van der Waals surface area contributed by atoms with E-state index in [2.05, 4.69) is 231 Å². The molecule has 0 saturated carbocycles. The SMILES string of the molecule is CC1(C)c2ccccc2-c2cccc(-c3ccccc3N(c3ccc4c(c3)C(c3ccccc3)(c3ccccc3)c3ccccc3-4)c3cccc4oc5ccccc5c34)c21. The van der Waals surface area contributed by atoms with E-state index in [1.54, 1.807) is 0 Å². The van der Waals surface area contributed by atoms with Crippen LogP contribution in [0, 0.1) is 0 Å². The molecule has 0 amide bonds. The predicted molar refractivity (Wildman–Crippen MR) is 249 cm³/mol. The molecule has 1 heterocycles. The van der Waals surface area contributed by atoms with Crippen LogP contribution in [0.4, 0.5) is 17.1 Å². The first kappa shape index (κ1) is 34.6. The monoisotopic (exact) mass is 767 g/mol. The van der Waals surface area contributed by atoms with E-state index in [1.165, 1.54) is 66.8 Å². The van der Waals surface area contributed by atoms with Crippen molar-refractivity contribution in [3.8, 4) is 33.4 Å². The highest BCUT2D eigenvalue weighted by atomic mass is 16.3. The maximum atomic E-state index is 6.59. The third-order valence-electron chi connectivity index (χ3n) is 13.3. The molecule has 0 N–H and O–H groups in total. The van der Waals surface area contributed by atoms with Crippen molar-refractivity contribution in [2.75, 3.05) is 4.90 Å². The Morgan fingerprint density at radius 2 is 0.900 bits per heavy atom. The highest BCUT2D eigenvalue weighted by molar-refractivity contribution is 6.14. The Kier molecular flexibility index (Phi) is 7.52. The molecule has 12 rings (SSSR count). The largest absolute Gasteiger partial charge is 0.456 e. The average molecular weight is 768 g/mol. The molecule has 0 fully saturated rings. The number of anilines is 3. The van der Waals surface area contributed by atoms with E-state index in [-0.39, 0.29) is 5.41 Å². The van der Waals surface area contributed by atoms with Crippen LogP contribution in [0.1, 0.15) is 47.2 Å². The van der Waals surface area contributed by atoms with Gasteiger partial charge in [0.15, 0.2) is 0 Å². The van der Waals surface area contributed by atoms with Crippen molar-refractivity contribution in [2.45, 2.75) is 24.7 Å². The van der Waals surface area contributed by atoms with E-state index in [4.69, 9.17) is 4.42 Å². The van der Waals surface area contributed by atoms with E-state index >= 15 is 0 Å². The quantitative estimate of drug-likeness (QED) is 0.168. The lowest BCUT2D eigenvalue weighted by Gasteiger charge is -2.35. The summed E-state index contributed by atoms with van der Waals surface area (Å²) >= 11 is 0. The molecular weight excluding hydrogens is 727 g/mol. The van der Waals surface area contributed by atoms with Gasteiger partial charge in [0.05, 0.1) is 22.2 Å². The summed E-state index contributed by atoms with van der Waals surface area (Å²) in [4.78, 5) is 2.50. The summed E-state index contributed by atoms with van der Waals surface area (Å²) in [5.74, 6) is 0. The summed E-state index contributed by atoms with van der Waals surface area (Å²) < 4.78 is 6.59. The lowest BCUT2D eigenvalue weighted by molar-refractivity contribution is 0.662. The van der Waals surface area contributed by atoms with Gasteiger partial charge in [-0.3, -0.25) is 0 Å². The molecule has 0 saturated heterocycles. The van der Waals surface area contributed by atoms with Crippen LogP contribution in [0.15, 0.2) is 217 Å². The normalized spacial score (nSPS) is 14.1. The van der Waals surface area contributed by atoms with Gasteiger partial charge in [0.2, 0.25) is 0 Å². The van der Waals surface area contributed by atoms with Crippen molar-refractivity contribution in [3.63, 3.8) is 0 Å². The fourth-order valence-corrected chi connectivity index (χ4v) is 10.9. The molecule has 2 aliphatic carbocycles. The van der Waals surface area contributed by atoms with Crippen LogP contribution < -0.4 is 4.90 Å². The number of hydrogen-bond donors (Lipinski definition) is 0. The number of fused-ring (bicyclic) bond motifs is 9. The van der Waals surface area contributed by atoms with Gasteiger partial charge in [-0.05, 0) is 97.6 Å². The van der Waals surface area contributed by atoms with Crippen molar-refractivity contribution >= 4 is 39.0 Å². The Labute approximate surface area is 350 Å². The molecule has 0 unspecified atom stereocenters. The van der Waals surface area contributed by atoms with Gasteiger partial charge in [-0.2, -0.15) is 0 Å². The van der Waals surface area contributed by atoms with Gasteiger partial charge in [-0.1, -0.05) is 190 Å². The smallest absolute Gasteiger partial charge is 0.137 e. The van der Waals surface area contributed by atoms with E-state index in [0.29, 0.717) is 0 Å². The predicted octanol–water partition coefficient (Wildman–Crippen LogP) is 15.4. The minimum absolute atomic E-state index is 0.189. The maximum absolute atomic E-state index is 6.59. The summed E-state index contributed by atoms with van der Waals surface area (Å²) in [6, 6.07) is 78.0. The number of rotatable bonds is 6. The Morgan fingerprint density at radius 1 is 0.383 bits per heavy atom. The average Bonchev–Trinajstić information content (AvgIpc) is 3.91. The molecule has 0 spiro atoms. The zero-order valence-corrected chi connectivity index (χ0v) is 33.6. The summed E-state index contributed by atoms with van der Waals surface area (Å²) in [6.45, 7) is 4.76. The highest BCUT2D eigenvalue weighted by Crippen LogP contribution is 2.59. The molecule has 0 radical (unpaired) electrons. The van der Waals surface area contributed by atoms with Crippen molar-refractivity contribution in [2.24, 2.45) is 0 Å². The van der Waals surface area contributed by atoms with E-state index < -0.39 is 5.41 Å². The van der Waals surface area contributed by atoms with E-state index in [9.17, 15) is 0 Å². The first-order chi connectivity index (χ1) is 29.5. The molecule has 0 atom stereocenters. The first-order valence-corrected chi connectivity index (χ1v) is 20.9. The summed E-state index contributed by atoms with van der Waals surface area (Å²) in [5, 5.41) is 2.19. The Bertz CT molecular complexity index is 3260. The highest BCUT2D eigenvalue weighted by Gasteiger charge is 2.46. The number of benzene rings is 9. The van der Waals surface area contributed by atoms with Gasteiger partial charge in [0.25, 0.3) is 0 Å². The summed E-state index contributed by atoms with van der Waals surface area (Å²) in [6.07, 6.45) is 0. The molecule has 10 aromatic rings. The van der Waals surface area contributed by atoms with Crippen LogP contribution in [0.5, 0.6) is 0 Å². The molecule has 0 bridgehead atoms. The maximum Gasteiger partial charge on any atom is 0.137 e. The molecule has 284 valence electrons. The van der Waals surface area contributed by atoms with Crippen LogP contribution in [0.2, 0.25) is 0 Å². The molecule has 1 aromatic heterocycles. The van der Waals surface area contributed by atoms with Gasteiger partial charge in [-0.25, -0.2) is 0 Å². The molecule has 60 heavy (non-hydrogen) atoms. The topological polar surface area (TPSA) is 16.4 Å². The van der Waals surface area contributed by atoms with Crippen LogP contribution >= 0.6 is 0 Å². The lowest BCUT2D eigenvalue weighted by Crippen LogP contribution is -2.28. The van der Waals surface area contributed by atoms with Crippen molar-refractivity contribution in [1.82, 2.24) is 0 Å². The third-order valence-corrected chi connectivity index (χ3v) is 13.3. The zero-order chi connectivity index (χ0) is 40.0. The van der Waals surface area contributed by atoms with Crippen molar-refractivity contribution in [1.29, 1.82) is 0 Å². The van der Waals surface area contributed by atoms with E-state index in [0.717, 1.165) is 39.0 Å². The zero-order valence-electron chi connectivity index (χ0n) is 33.6. The van der Waals surface area contributed by atoms with Gasteiger partial charge >= 0.3 is 0 Å². The second-order valence-corrected chi connectivity index (χ2v) is 16.8. The van der Waals surface area contributed by atoms with Gasteiger partial charge in [-0.15, -0.1) is 0 Å². The fraction of sp³-hybridized carbons (Fsp3) is 0.0690. The standard InChI is InChI=1S/C58H41NO/c1-57(2)48-29-13-9-24-42(48)45-27-17-28-46(56(45)57)44-25-11-15-31-51(44)59(52-32-18-34-54-55(52)47-26-12-16-33-53(47)60-54)40-35-36-43-41-23-10-14-30-49(41)58(50(43)37-40,38-19-5-3-6-20-38)39-21-7-4-8-22-39/h3-37H,1-2H3. The number of nitrogens with zero attached hydrogens (tertiary/aromatic N) is 1. The fourth-order valence-electron chi connectivity index (χ4n) is 10.9. The second kappa shape index (κ2) is 13.0. The Hall–Kier alpha value is -7.42. The first-order valence-electron chi connectivity index (χ1n) is 20.9. The van der Waals surface area contributed by atoms with Gasteiger partial charge in [0.1, 0.15) is 11.2 Å². The van der Waals surface area contributed by atoms with Gasteiger partial charge in [0, 0.05) is 22.1 Å². The second-order valence-electron chi connectivity index (χ2n) is 16.8. The van der Waals surface area contributed by atoms with Crippen LogP contribution in [0.25, 0.3) is 55.3 Å². The molecule has 2 aliphatic rings. The minimum Gasteiger partial charge on any atom is -0.456 e. The summed E-state index contributed by atoms with van der Waals surface area (Å²) in [7, 11) is 0. The van der Waals surface area contributed by atoms with Crippen molar-refractivity contribution in [3.05, 3.63) is 246 Å². The van der Waals surface area contributed by atoms with Crippen molar-refractivity contribution < 1.29 is 4.42 Å². The number of para-hydroxylation sites is 2. The van der Waals surface area contributed by atoms with Crippen LogP contribution in [0.3, 0.4) is 0 Å². The van der Waals surface area contributed by atoms with Crippen LogP contribution in [-0.4, -0.2) is 0 Å². The molecular formula is C58H41NO. The number of furan rings is 1. The van der Waals surface area contributed by atoms with Crippen LogP contribution in [-0.2, 0) is 10.8 Å². The number of hydrogen-bond acceptors (Lipinski definition) is 2. The van der Waals surface area contributed by atoms with E-state index in [1.807, 2.05) is 0 Å². The molecule has 2 nitrogen and oxygen atoms in total. The Morgan fingerprint density at radius 3 is 1.65 bits per heavy atom. The third kappa shape index (κ3) is 4.76. The molecule has 0 aliphatic heterocycles. The Balaban J connectivity index is 1.18. The minimum atomic E-state index is -0.542. The summed E-state index contributed by atoms with van der Waals surface area (Å²) in [5.41, 5.74) is 19.6. The molecule has 2 heteroatoms. The lowest BCUT2D eigenvalue weighted by atomic mass is 9.67. The van der Waals surface area contributed by atoms with Gasteiger partial charge < -0.3 is 9.32 Å². The molecule has 9 aromatic carbocycles.